The molecule has 106 valence electrons. The highest BCUT2D eigenvalue weighted by atomic mass is 15.3. The molecule has 0 radical (unpaired) electrons. The van der Waals surface area contributed by atoms with Crippen LogP contribution in [0.15, 0.2) is 4.99 Å². The minimum absolute atomic E-state index is 0.598. The highest BCUT2D eigenvalue weighted by Gasteiger charge is 2.16. The zero-order valence-corrected chi connectivity index (χ0v) is 12.7. The standard InChI is InChI=1S/C14H30N4/c1-12(2)18(13(3)4)11-8-16-14(15-5)17-9-6-7-10-17/h12-13H,6-11H2,1-5H3,(H,15,16). The molecule has 1 N–H and O–H groups in total. The van der Waals surface area contributed by atoms with Crippen LogP contribution in [0.1, 0.15) is 40.5 Å². The second-order valence-electron chi connectivity index (χ2n) is 5.59. The number of hydrogen-bond donors (Lipinski definition) is 1. The molecule has 0 atom stereocenters. The fourth-order valence-electron chi connectivity index (χ4n) is 2.67. The van der Waals surface area contributed by atoms with Crippen molar-refractivity contribution in [2.75, 3.05) is 33.2 Å². The Morgan fingerprint density at radius 3 is 2.17 bits per heavy atom. The Bertz CT molecular complexity index is 247. The predicted molar refractivity (Wildman–Crippen MR) is 79.1 cm³/mol. The van der Waals surface area contributed by atoms with Gasteiger partial charge in [-0.2, -0.15) is 0 Å². The van der Waals surface area contributed by atoms with E-state index >= 15 is 0 Å². The van der Waals surface area contributed by atoms with Crippen molar-refractivity contribution in [2.24, 2.45) is 4.99 Å². The number of nitrogens with one attached hydrogen (secondary N) is 1. The van der Waals surface area contributed by atoms with Gasteiger partial charge in [0.25, 0.3) is 0 Å². The Morgan fingerprint density at radius 2 is 1.72 bits per heavy atom. The monoisotopic (exact) mass is 254 g/mol. The van der Waals surface area contributed by atoms with Gasteiger partial charge in [0, 0.05) is 45.3 Å². The molecule has 0 amide bonds. The van der Waals surface area contributed by atoms with Crippen molar-refractivity contribution in [3.8, 4) is 0 Å². The van der Waals surface area contributed by atoms with E-state index in [1.807, 2.05) is 7.05 Å². The van der Waals surface area contributed by atoms with Crippen LogP contribution in [0.5, 0.6) is 0 Å². The Morgan fingerprint density at radius 1 is 1.17 bits per heavy atom. The van der Waals surface area contributed by atoms with E-state index in [-0.39, 0.29) is 0 Å². The molecule has 1 saturated heterocycles. The second kappa shape index (κ2) is 7.62. The summed E-state index contributed by atoms with van der Waals surface area (Å²) in [6.07, 6.45) is 2.59. The van der Waals surface area contributed by atoms with Gasteiger partial charge in [-0.05, 0) is 40.5 Å². The van der Waals surface area contributed by atoms with E-state index < -0.39 is 0 Å². The lowest BCUT2D eigenvalue weighted by Gasteiger charge is -2.31. The molecule has 0 aromatic rings. The van der Waals surface area contributed by atoms with E-state index in [0.717, 1.165) is 32.1 Å². The van der Waals surface area contributed by atoms with E-state index in [1.165, 1.54) is 12.8 Å². The van der Waals surface area contributed by atoms with Crippen LogP contribution in [0.25, 0.3) is 0 Å². The molecular weight excluding hydrogens is 224 g/mol. The molecule has 0 aliphatic carbocycles. The summed E-state index contributed by atoms with van der Waals surface area (Å²) in [6, 6.07) is 1.20. The van der Waals surface area contributed by atoms with Gasteiger partial charge >= 0.3 is 0 Å². The lowest BCUT2D eigenvalue weighted by Crippen LogP contribution is -2.46. The molecule has 4 heteroatoms. The van der Waals surface area contributed by atoms with Crippen molar-refractivity contribution in [1.29, 1.82) is 0 Å². The molecule has 1 fully saturated rings. The third-order valence-corrected chi connectivity index (χ3v) is 3.60. The van der Waals surface area contributed by atoms with Gasteiger partial charge in [-0.1, -0.05) is 0 Å². The largest absolute Gasteiger partial charge is 0.355 e. The summed E-state index contributed by atoms with van der Waals surface area (Å²) >= 11 is 0. The number of aliphatic imine (C=N–C) groups is 1. The third kappa shape index (κ3) is 4.48. The first-order valence-electron chi connectivity index (χ1n) is 7.27. The van der Waals surface area contributed by atoms with Crippen molar-refractivity contribution in [3.05, 3.63) is 0 Å². The summed E-state index contributed by atoms with van der Waals surface area (Å²) in [5.41, 5.74) is 0. The van der Waals surface area contributed by atoms with Crippen LogP contribution in [0.3, 0.4) is 0 Å². The molecule has 1 rings (SSSR count). The molecule has 18 heavy (non-hydrogen) atoms. The van der Waals surface area contributed by atoms with Gasteiger partial charge in [0.1, 0.15) is 0 Å². The highest BCUT2D eigenvalue weighted by Crippen LogP contribution is 2.07. The zero-order valence-electron chi connectivity index (χ0n) is 12.7. The van der Waals surface area contributed by atoms with Crippen LogP contribution < -0.4 is 5.32 Å². The van der Waals surface area contributed by atoms with E-state index in [9.17, 15) is 0 Å². The normalized spacial score (nSPS) is 17.3. The summed E-state index contributed by atoms with van der Waals surface area (Å²) in [5.74, 6) is 1.07. The maximum atomic E-state index is 4.37. The minimum Gasteiger partial charge on any atom is -0.355 e. The van der Waals surface area contributed by atoms with Crippen molar-refractivity contribution in [1.82, 2.24) is 15.1 Å². The maximum Gasteiger partial charge on any atom is 0.193 e. The Balaban J connectivity index is 2.34. The second-order valence-corrected chi connectivity index (χ2v) is 5.59. The van der Waals surface area contributed by atoms with Gasteiger partial charge in [-0.3, -0.25) is 9.89 Å². The van der Waals surface area contributed by atoms with Crippen molar-refractivity contribution in [2.45, 2.75) is 52.6 Å². The molecule has 0 unspecified atom stereocenters. The van der Waals surface area contributed by atoms with Crippen molar-refractivity contribution >= 4 is 5.96 Å². The van der Waals surface area contributed by atoms with Crippen LogP contribution >= 0.6 is 0 Å². The summed E-state index contributed by atoms with van der Waals surface area (Å²) in [4.78, 5) is 9.23. The molecule has 1 aliphatic rings. The Hall–Kier alpha value is -0.770. The van der Waals surface area contributed by atoms with E-state index in [1.54, 1.807) is 0 Å². The first kappa shape index (κ1) is 15.3. The minimum atomic E-state index is 0.598. The van der Waals surface area contributed by atoms with Crippen molar-refractivity contribution < 1.29 is 0 Å². The average Bonchev–Trinajstić information content (AvgIpc) is 2.81. The SMILES string of the molecule is CN=C(NCCN(C(C)C)C(C)C)N1CCCC1. The number of likely N-dealkylation sites (tertiary alicyclic amines) is 1. The fourth-order valence-corrected chi connectivity index (χ4v) is 2.67. The number of nitrogens with zero attached hydrogens (tertiary/aromatic N) is 3. The predicted octanol–water partition coefficient (Wildman–Crippen LogP) is 1.78. The van der Waals surface area contributed by atoms with Crippen LogP contribution in [0, 0.1) is 0 Å². The van der Waals surface area contributed by atoms with E-state index in [2.05, 4.69) is 47.8 Å². The number of hydrogen-bond acceptors (Lipinski definition) is 2. The maximum absolute atomic E-state index is 4.37. The first-order chi connectivity index (χ1) is 8.56. The van der Waals surface area contributed by atoms with E-state index in [0.29, 0.717) is 12.1 Å². The van der Waals surface area contributed by atoms with Gasteiger partial charge < -0.3 is 10.2 Å². The van der Waals surface area contributed by atoms with E-state index in [4.69, 9.17) is 0 Å². The molecule has 0 spiro atoms. The highest BCUT2D eigenvalue weighted by molar-refractivity contribution is 5.80. The van der Waals surface area contributed by atoms with Gasteiger partial charge in [-0.15, -0.1) is 0 Å². The number of guanidine groups is 1. The topological polar surface area (TPSA) is 30.9 Å². The fraction of sp³-hybridized carbons (Fsp3) is 0.929. The van der Waals surface area contributed by atoms with Gasteiger partial charge in [0.2, 0.25) is 0 Å². The van der Waals surface area contributed by atoms with Crippen molar-refractivity contribution in [3.63, 3.8) is 0 Å². The summed E-state index contributed by atoms with van der Waals surface area (Å²) in [7, 11) is 1.88. The third-order valence-electron chi connectivity index (χ3n) is 3.60. The Kier molecular flexibility index (Phi) is 6.47. The smallest absolute Gasteiger partial charge is 0.193 e. The quantitative estimate of drug-likeness (QED) is 0.599. The molecule has 4 nitrogen and oxygen atoms in total. The van der Waals surface area contributed by atoms with Crippen LogP contribution in [0.4, 0.5) is 0 Å². The van der Waals surface area contributed by atoms with Gasteiger partial charge in [0.05, 0.1) is 0 Å². The van der Waals surface area contributed by atoms with Gasteiger partial charge in [0.15, 0.2) is 5.96 Å². The summed E-state index contributed by atoms with van der Waals surface area (Å²) < 4.78 is 0. The van der Waals surface area contributed by atoms with Crippen LogP contribution in [-0.2, 0) is 0 Å². The zero-order chi connectivity index (χ0) is 13.5. The van der Waals surface area contributed by atoms with Gasteiger partial charge in [-0.25, -0.2) is 0 Å². The Labute approximate surface area is 112 Å². The lowest BCUT2D eigenvalue weighted by molar-refractivity contribution is 0.178. The molecule has 1 aliphatic heterocycles. The lowest BCUT2D eigenvalue weighted by atomic mass is 10.2. The molecule has 0 aromatic heterocycles. The first-order valence-corrected chi connectivity index (χ1v) is 7.27. The van der Waals surface area contributed by atoms with Crippen LogP contribution in [-0.4, -0.2) is 61.1 Å². The molecule has 0 bridgehead atoms. The molecule has 0 saturated carbocycles. The average molecular weight is 254 g/mol. The number of rotatable bonds is 5. The summed E-state index contributed by atoms with van der Waals surface area (Å²) in [6.45, 7) is 13.4. The molecule has 0 aromatic carbocycles. The molecule has 1 heterocycles. The molecular formula is C14H30N4. The van der Waals surface area contributed by atoms with Crippen LogP contribution in [0.2, 0.25) is 0 Å². The summed E-state index contributed by atoms with van der Waals surface area (Å²) in [5, 5.41) is 3.49.